The maximum absolute atomic E-state index is 12.9. The molecule has 2 aliphatic heterocycles. The molecule has 0 aliphatic carbocycles. The summed E-state index contributed by atoms with van der Waals surface area (Å²) in [4.78, 5) is 0. The molecule has 3 atom stereocenters. The van der Waals surface area contributed by atoms with Crippen LogP contribution in [0.25, 0.3) is 0 Å². The lowest BCUT2D eigenvalue weighted by atomic mass is 9.94. The Morgan fingerprint density at radius 1 is 1.17 bits per heavy atom. The Hall–Kier alpha value is -0.920. The second kappa shape index (κ2) is 6.53. The van der Waals surface area contributed by atoms with E-state index >= 15 is 0 Å². The minimum absolute atomic E-state index is 0.397. The summed E-state index contributed by atoms with van der Waals surface area (Å²) >= 11 is 0. The fourth-order valence-corrected chi connectivity index (χ4v) is 5.99. The molecule has 1 aromatic rings. The molecule has 0 N–H and O–H groups in total. The molecular weight excluding hydrogens is 312 g/mol. The summed E-state index contributed by atoms with van der Waals surface area (Å²) in [5.74, 6) is 1.29. The van der Waals surface area contributed by atoms with Crippen LogP contribution < -0.4 is 0 Å². The van der Waals surface area contributed by atoms with Crippen LogP contribution >= 0.6 is 0 Å². The van der Waals surface area contributed by atoms with E-state index in [-0.39, 0.29) is 0 Å². The Bertz CT molecular complexity index is 632. The minimum Gasteiger partial charge on any atom is -0.276 e. The summed E-state index contributed by atoms with van der Waals surface area (Å²) in [6.07, 6.45) is 6.87. The zero-order valence-corrected chi connectivity index (χ0v) is 15.2. The van der Waals surface area contributed by atoms with Crippen LogP contribution in [0.1, 0.15) is 32.3 Å². The molecule has 2 saturated heterocycles. The summed E-state index contributed by atoms with van der Waals surface area (Å²) < 4.78 is 31.0. The zero-order valence-electron chi connectivity index (χ0n) is 14.4. The number of piperidine rings is 1. The molecule has 2 fully saturated rings. The molecule has 6 nitrogen and oxygen atoms in total. The lowest BCUT2D eigenvalue weighted by Crippen LogP contribution is -2.48. The third-order valence-corrected chi connectivity index (χ3v) is 6.95. The number of hydrogen-bond acceptors (Lipinski definition) is 3. The molecule has 1 aromatic heterocycles. The molecule has 2 aliphatic rings. The summed E-state index contributed by atoms with van der Waals surface area (Å²) in [5, 5.41) is 4.19. The van der Waals surface area contributed by atoms with Gasteiger partial charge in [-0.3, -0.25) is 4.68 Å². The molecule has 0 spiro atoms. The first kappa shape index (κ1) is 16.9. The molecule has 0 unspecified atom stereocenters. The summed E-state index contributed by atoms with van der Waals surface area (Å²) in [6, 6.07) is 0. The van der Waals surface area contributed by atoms with E-state index in [0.717, 1.165) is 19.3 Å². The summed E-state index contributed by atoms with van der Waals surface area (Å²) in [5.41, 5.74) is 1.19. The van der Waals surface area contributed by atoms with Crippen molar-refractivity contribution in [3.63, 3.8) is 0 Å². The van der Waals surface area contributed by atoms with Crippen LogP contribution in [0.5, 0.6) is 0 Å². The zero-order chi connectivity index (χ0) is 16.6. The van der Waals surface area contributed by atoms with E-state index in [9.17, 15) is 8.42 Å². The number of aryl methyl sites for hydroxylation is 1. The van der Waals surface area contributed by atoms with Crippen LogP contribution in [0.3, 0.4) is 0 Å². The normalized spacial score (nSPS) is 30.8. The van der Waals surface area contributed by atoms with E-state index in [4.69, 9.17) is 0 Å². The molecule has 130 valence electrons. The summed E-state index contributed by atoms with van der Waals surface area (Å²) in [6.45, 7) is 6.90. The second-order valence-corrected chi connectivity index (χ2v) is 9.44. The Labute approximate surface area is 139 Å². The van der Waals surface area contributed by atoms with E-state index in [1.165, 1.54) is 5.56 Å². The van der Waals surface area contributed by atoms with Crippen molar-refractivity contribution in [2.75, 3.05) is 26.2 Å². The lowest BCUT2D eigenvalue weighted by molar-refractivity contribution is 0.211. The van der Waals surface area contributed by atoms with Crippen molar-refractivity contribution in [3.05, 3.63) is 18.0 Å². The van der Waals surface area contributed by atoms with Crippen molar-refractivity contribution in [3.8, 4) is 0 Å². The molecule has 7 heteroatoms. The molecule has 23 heavy (non-hydrogen) atoms. The fraction of sp³-hybridized carbons (Fsp3) is 0.812. The smallest absolute Gasteiger partial charge is 0.276 e. The first-order valence-electron chi connectivity index (χ1n) is 8.57. The van der Waals surface area contributed by atoms with Gasteiger partial charge in [0.2, 0.25) is 0 Å². The first-order chi connectivity index (χ1) is 10.8. The number of aromatic nitrogens is 2. The van der Waals surface area contributed by atoms with Crippen LogP contribution in [0.4, 0.5) is 0 Å². The van der Waals surface area contributed by atoms with Crippen LogP contribution in [0, 0.1) is 17.8 Å². The van der Waals surface area contributed by atoms with Crippen molar-refractivity contribution in [1.82, 2.24) is 18.4 Å². The standard InChI is InChI=1S/C16H28N4O2S/c1-13-6-14(2)10-20(9-13)23(21,22)19-5-4-15(12-19)7-16-8-17-18(3)11-16/h8,11,13-15H,4-7,9-10,12H2,1-3H3/t13-,14+,15-/m1/s1. The average Bonchev–Trinajstić information content (AvgIpc) is 3.08. The van der Waals surface area contributed by atoms with Gasteiger partial charge in [0.15, 0.2) is 0 Å². The van der Waals surface area contributed by atoms with Crippen LogP contribution in [-0.2, 0) is 23.7 Å². The van der Waals surface area contributed by atoms with E-state index in [1.807, 2.05) is 19.4 Å². The van der Waals surface area contributed by atoms with Crippen molar-refractivity contribution in [1.29, 1.82) is 0 Å². The van der Waals surface area contributed by atoms with Gasteiger partial charge in [-0.05, 0) is 42.6 Å². The van der Waals surface area contributed by atoms with Crippen molar-refractivity contribution < 1.29 is 8.42 Å². The quantitative estimate of drug-likeness (QED) is 0.835. The van der Waals surface area contributed by atoms with E-state index in [2.05, 4.69) is 18.9 Å². The highest BCUT2D eigenvalue weighted by Crippen LogP contribution is 2.28. The predicted molar refractivity (Wildman–Crippen MR) is 90.0 cm³/mol. The molecule has 0 aromatic carbocycles. The topological polar surface area (TPSA) is 58.4 Å². The fourth-order valence-electron chi connectivity index (χ4n) is 4.04. The third-order valence-electron chi connectivity index (χ3n) is 5.02. The van der Waals surface area contributed by atoms with Crippen LogP contribution in [0.15, 0.2) is 12.4 Å². The van der Waals surface area contributed by atoms with Gasteiger partial charge in [0.05, 0.1) is 6.20 Å². The van der Waals surface area contributed by atoms with Gasteiger partial charge in [-0.2, -0.15) is 22.1 Å². The van der Waals surface area contributed by atoms with E-state index in [1.54, 1.807) is 13.3 Å². The highest BCUT2D eigenvalue weighted by atomic mass is 32.2. The Kier molecular flexibility index (Phi) is 4.80. The van der Waals surface area contributed by atoms with Gasteiger partial charge in [-0.25, -0.2) is 0 Å². The number of rotatable bonds is 4. The number of hydrogen-bond donors (Lipinski definition) is 0. The molecule has 0 amide bonds. The van der Waals surface area contributed by atoms with E-state index in [0.29, 0.717) is 43.9 Å². The maximum atomic E-state index is 12.9. The average molecular weight is 340 g/mol. The second-order valence-electron chi connectivity index (χ2n) is 7.51. The highest BCUT2D eigenvalue weighted by molar-refractivity contribution is 7.86. The molecule has 0 saturated carbocycles. The Morgan fingerprint density at radius 2 is 1.87 bits per heavy atom. The van der Waals surface area contributed by atoms with Gasteiger partial charge in [0.1, 0.15) is 0 Å². The van der Waals surface area contributed by atoms with Gasteiger partial charge in [-0.1, -0.05) is 13.8 Å². The molecule has 3 heterocycles. The SMILES string of the molecule is C[C@@H]1C[C@H](C)CN(S(=O)(=O)N2CC[C@H](Cc3cnn(C)c3)C2)C1. The highest BCUT2D eigenvalue weighted by Gasteiger charge is 2.38. The van der Waals surface area contributed by atoms with Crippen LogP contribution in [0.2, 0.25) is 0 Å². The molecular formula is C16H28N4O2S. The Morgan fingerprint density at radius 3 is 2.48 bits per heavy atom. The van der Waals surface area contributed by atoms with Gasteiger partial charge in [0.25, 0.3) is 10.2 Å². The summed E-state index contributed by atoms with van der Waals surface area (Å²) in [7, 11) is -1.39. The Balaban J connectivity index is 1.63. The van der Waals surface area contributed by atoms with Crippen LogP contribution in [-0.4, -0.2) is 53.0 Å². The van der Waals surface area contributed by atoms with Gasteiger partial charge >= 0.3 is 0 Å². The molecule has 3 rings (SSSR count). The number of nitrogens with zero attached hydrogens (tertiary/aromatic N) is 4. The largest absolute Gasteiger partial charge is 0.282 e. The monoisotopic (exact) mass is 340 g/mol. The van der Waals surface area contributed by atoms with Gasteiger partial charge < -0.3 is 0 Å². The lowest BCUT2D eigenvalue weighted by Gasteiger charge is -2.36. The van der Waals surface area contributed by atoms with Gasteiger partial charge in [-0.15, -0.1) is 0 Å². The predicted octanol–water partition coefficient (Wildman–Crippen LogP) is 1.51. The van der Waals surface area contributed by atoms with Crippen molar-refractivity contribution in [2.24, 2.45) is 24.8 Å². The van der Waals surface area contributed by atoms with Gasteiger partial charge in [0, 0.05) is 39.4 Å². The third kappa shape index (κ3) is 3.78. The minimum atomic E-state index is -3.30. The van der Waals surface area contributed by atoms with Crippen molar-refractivity contribution >= 4 is 10.2 Å². The van der Waals surface area contributed by atoms with E-state index < -0.39 is 10.2 Å². The molecule has 0 bridgehead atoms. The maximum Gasteiger partial charge on any atom is 0.282 e. The molecule has 0 radical (unpaired) electrons. The van der Waals surface area contributed by atoms with Crippen molar-refractivity contribution in [2.45, 2.75) is 33.1 Å². The first-order valence-corrected chi connectivity index (χ1v) is 9.97.